The van der Waals surface area contributed by atoms with E-state index >= 15 is 0 Å². The Balaban J connectivity index is 1.59. The second-order valence-electron chi connectivity index (χ2n) is 8.78. The zero-order valence-electron chi connectivity index (χ0n) is 19.5. The number of rotatable bonds is 5. The molecular weight excluding hydrogens is 438 g/mol. The van der Waals surface area contributed by atoms with E-state index in [4.69, 9.17) is 4.74 Å². The zero-order chi connectivity index (χ0) is 24.4. The van der Waals surface area contributed by atoms with Gasteiger partial charge in [-0.2, -0.15) is 4.98 Å². The monoisotopic (exact) mass is 467 g/mol. The number of fused-ring (bicyclic) bond motifs is 1. The molecule has 3 N–H and O–H groups in total. The molecule has 2 aliphatic heterocycles. The van der Waals surface area contributed by atoms with E-state index in [1.54, 1.807) is 19.1 Å². The van der Waals surface area contributed by atoms with Gasteiger partial charge < -0.3 is 20.3 Å². The normalized spacial score (nSPS) is 21.9. The van der Waals surface area contributed by atoms with Crippen LogP contribution in [0, 0.1) is 0 Å². The smallest absolute Gasteiger partial charge is 0.338 e. The van der Waals surface area contributed by atoms with Crippen LogP contribution in [-0.4, -0.2) is 46.4 Å². The van der Waals surface area contributed by atoms with Gasteiger partial charge in [-0.15, -0.1) is 0 Å². The maximum atomic E-state index is 13.1. The number of esters is 1. The number of hydrogen-bond donors (Lipinski definition) is 3. The highest BCUT2D eigenvalue weighted by atomic mass is 16.5. The zero-order valence-corrected chi connectivity index (χ0v) is 19.5. The van der Waals surface area contributed by atoms with Gasteiger partial charge >= 0.3 is 5.97 Å². The number of carbonyl (C=O) groups excluding carboxylic acids is 3. The molecule has 1 fully saturated rings. The molecule has 3 atom stereocenters. The lowest BCUT2D eigenvalue weighted by molar-refractivity contribution is -0.123. The first-order valence-corrected chi connectivity index (χ1v) is 11.6. The number of anilines is 3. The van der Waals surface area contributed by atoms with Gasteiger partial charge in [0.15, 0.2) is 0 Å². The van der Waals surface area contributed by atoms with Gasteiger partial charge in [-0.1, -0.05) is 0 Å². The topological polar surface area (TPSA) is 133 Å². The van der Waals surface area contributed by atoms with Crippen LogP contribution in [-0.2, 0) is 14.3 Å². The highest BCUT2D eigenvalue weighted by Gasteiger charge is 2.36. The maximum absolute atomic E-state index is 13.1. The van der Waals surface area contributed by atoms with Crippen LogP contribution in [0.5, 0.6) is 0 Å². The fourth-order valence-electron chi connectivity index (χ4n) is 4.68. The van der Waals surface area contributed by atoms with Crippen LogP contribution in [0.1, 0.15) is 68.3 Å². The molecule has 0 radical (unpaired) electrons. The molecule has 1 aromatic carbocycles. The summed E-state index contributed by atoms with van der Waals surface area (Å²) in [5, 5.41) is 5.39. The third kappa shape index (κ3) is 4.66. The number of ether oxygens (including phenoxy) is 1. The van der Waals surface area contributed by atoms with Gasteiger partial charge in [0.2, 0.25) is 17.8 Å². The lowest BCUT2D eigenvalue weighted by Gasteiger charge is -2.39. The van der Waals surface area contributed by atoms with Crippen molar-refractivity contribution in [1.29, 1.82) is 0 Å². The highest BCUT2D eigenvalue weighted by molar-refractivity contribution is 6.04. The predicted molar refractivity (Wildman–Crippen MR) is 127 cm³/mol. The lowest BCUT2D eigenvalue weighted by Crippen LogP contribution is -2.46. The van der Waals surface area contributed by atoms with Crippen LogP contribution in [0.4, 0.5) is 17.5 Å². The third-order valence-electron chi connectivity index (χ3n) is 6.36. The fraction of sp³-hybridized carbons (Fsp3) is 0.458. The molecule has 0 saturated carbocycles. The molecule has 1 aromatic heterocycles. The van der Waals surface area contributed by atoms with Crippen molar-refractivity contribution >= 4 is 35.2 Å². The molecule has 0 spiro atoms. The van der Waals surface area contributed by atoms with Gasteiger partial charge in [-0.25, -0.2) is 4.79 Å². The standard InChI is InChI=1S/C24H29N5O5/c1-4-34-23(33)15-8-10-16(11-9-15)25-21(31)17-12-18(30)26-20-19(17)22(32)28-24(27-20)29-13(2)6-5-7-14(29)3/h8-11,13-14,17H,4-7,12H2,1-3H3,(H,25,31)(H2,26,27,28,30,32). The second kappa shape index (κ2) is 9.66. The van der Waals surface area contributed by atoms with Gasteiger partial charge in [-0.3, -0.25) is 19.4 Å². The molecule has 4 rings (SSSR count). The predicted octanol–water partition coefficient (Wildman–Crippen LogP) is 2.78. The van der Waals surface area contributed by atoms with Crippen molar-refractivity contribution < 1.29 is 19.1 Å². The van der Waals surface area contributed by atoms with Crippen LogP contribution < -0.4 is 21.1 Å². The molecular formula is C24H29N5O5. The molecule has 2 amide bonds. The van der Waals surface area contributed by atoms with Crippen LogP contribution >= 0.6 is 0 Å². The molecule has 3 unspecified atom stereocenters. The Morgan fingerprint density at radius 1 is 1.15 bits per heavy atom. The van der Waals surface area contributed by atoms with E-state index in [1.807, 2.05) is 0 Å². The summed E-state index contributed by atoms with van der Waals surface area (Å²) in [6.45, 7) is 6.15. The van der Waals surface area contributed by atoms with Crippen LogP contribution in [0.2, 0.25) is 0 Å². The van der Waals surface area contributed by atoms with Crippen LogP contribution in [0.15, 0.2) is 29.1 Å². The molecule has 0 bridgehead atoms. The number of hydrogen-bond acceptors (Lipinski definition) is 7. The van der Waals surface area contributed by atoms with E-state index < -0.39 is 23.4 Å². The number of nitrogens with zero attached hydrogens (tertiary/aromatic N) is 2. The number of H-pyrrole nitrogens is 1. The van der Waals surface area contributed by atoms with Gasteiger partial charge in [0.25, 0.3) is 5.56 Å². The third-order valence-corrected chi connectivity index (χ3v) is 6.36. The minimum atomic E-state index is -0.991. The minimum Gasteiger partial charge on any atom is -0.462 e. The van der Waals surface area contributed by atoms with Gasteiger partial charge in [0.1, 0.15) is 5.82 Å². The van der Waals surface area contributed by atoms with Crippen LogP contribution in [0.25, 0.3) is 0 Å². The van der Waals surface area contributed by atoms with E-state index in [0.29, 0.717) is 17.2 Å². The van der Waals surface area contributed by atoms with Crippen molar-refractivity contribution in [2.45, 2.75) is 64.5 Å². The van der Waals surface area contributed by atoms with Crippen molar-refractivity contribution in [3.63, 3.8) is 0 Å². The summed E-state index contributed by atoms with van der Waals surface area (Å²) in [5.74, 6) is -1.80. The van der Waals surface area contributed by atoms with Crippen molar-refractivity contribution in [3.8, 4) is 0 Å². The van der Waals surface area contributed by atoms with Gasteiger partial charge in [0.05, 0.1) is 23.7 Å². The van der Waals surface area contributed by atoms with E-state index in [2.05, 4.69) is 39.3 Å². The number of carbonyl (C=O) groups is 3. The summed E-state index contributed by atoms with van der Waals surface area (Å²) in [5.41, 5.74) is 0.489. The molecule has 10 nitrogen and oxygen atoms in total. The molecule has 0 aliphatic carbocycles. The lowest BCUT2D eigenvalue weighted by atomic mass is 9.92. The summed E-state index contributed by atoms with van der Waals surface area (Å²) in [6.07, 6.45) is 2.91. The summed E-state index contributed by atoms with van der Waals surface area (Å²) >= 11 is 0. The first-order chi connectivity index (χ1) is 16.3. The quantitative estimate of drug-likeness (QED) is 0.576. The average molecular weight is 468 g/mol. The largest absolute Gasteiger partial charge is 0.462 e. The highest BCUT2D eigenvalue weighted by Crippen LogP contribution is 2.32. The number of nitrogens with one attached hydrogen (secondary N) is 3. The fourth-order valence-corrected chi connectivity index (χ4v) is 4.68. The summed E-state index contributed by atoms with van der Waals surface area (Å²) in [7, 11) is 0. The number of aromatic amines is 1. The molecule has 34 heavy (non-hydrogen) atoms. The Bertz CT molecular complexity index is 1150. The first kappa shape index (κ1) is 23.5. The minimum absolute atomic E-state index is 0.123. The van der Waals surface area contributed by atoms with Crippen molar-refractivity contribution in [2.75, 3.05) is 22.1 Å². The Hall–Kier alpha value is -3.69. The number of piperidine rings is 1. The maximum Gasteiger partial charge on any atom is 0.338 e. The van der Waals surface area contributed by atoms with Gasteiger partial charge in [0, 0.05) is 24.2 Å². The van der Waals surface area contributed by atoms with E-state index in [9.17, 15) is 19.2 Å². The van der Waals surface area contributed by atoms with Crippen molar-refractivity contribution in [3.05, 3.63) is 45.7 Å². The second-order valence-corrected chi connectivity index (χ2v) is 8.78. The summed E-state index contributed by atoms with van der Waals surface area (Å²) in [4.78, 5) is 59.8. The number of amides is 2. The average Bonchev–Trinajstić information content (AvgIpc) is 2.78. The molecule has 10 heteroatoms. The molecule has 180 valence electrons. The van der Waals surface area contributed by atoms with E-state index in [-0.39, 0.29) is 42.4 Å². The molecule has 3 heterocycles. The summed E-state index contributed by atoms with van der Waals surface area (Å²) < 4.78 is 4.96. The van der Waals surface area contributed by atoms with Crippen molar-refractivity contribution in [1.82, 2.24) is 9.97 Å². The Labute approximate surface area is 197 Å². The molecule has 1 saturated heterocycles. The Morgan fingerprint density at radius 2 is 1.82 bits per heavy atom. The van der Waals surface area contributed by atoms with Crippen LogP contribution in [0.3, 0.4) is 0 Å². The molecule has 2 aromatic rings. The first-order valence-electron chi connectivity index (χ1n) is 11.6. The number of benzene rings is 1. The molecule has 2 aliphatic rings. The Kier molecular flexibility index (Phi) is 6.67. The SMILES string of the molecule is CCOC(=O)c1ccc(NC(=O)C2CC(=O)Nc3nc(N4C(C)CCCC4C)[nH]c(=O)c32)cc1. The Morgan fingerprint density at radius 3 is 2.47 bits per heavy atom. The number of aromatic nitrogens is 2. The summed E-state index contributed by atoms with van der Waals surface area (Å²) in [6, 6.07) is 6.60. The van der Waals surface area contributed by atoms with Crippen molar-refractivity contribution in [2.24, 2.45) is 0 Å². The van der Waals surface area contributed by atoms with E-state index in [1.165, 1.54) is 12.1 Å². The van der Waals surface area contributed by atoms with Gasteiger partial charge in [-0.05, 0) is 64.3 Å². The van der Waals surface area contributed by atoms with E-state index in [0.717, 1.165) is 19.3 Å².